The number of rotatable bonds is 7. The lowest BCUT2D eigenvalue weighted by molar-refractivity contribution is 0.237. The van der Waals surface area contributed by atoms with Gasteiger partial charge in [0.25, 0.3) is 0 Å². The second kappa shape index (κ2) is 7.42. The summed E-state index contributed by atoms with van der Waals surface area (Å²) in [4.78, 5) is 0. The lowest BCUT2D eigenvalue weighted by Crippen LogP contribution is -2.12. The van der Waals surface area contributed by atoms with Gasteiger partial charge in [0, 0.05) is 0 Å². The van der Waals surface area contributed by atoms with Crippen molar-refractivity contribution in [2.45, 2.75) is 40.5 Å². The Labute approximate surface area is 112 Å². The van der Waals surface area contributed by atoms with Crippen LogP contribution >= 0.6 is 0 Å². The quantitative estimate of drug-likeness (QED) is 0.802. The Balaban J connectivity index is 2.60. The zero-order valence-electron chi connectivity index (χ0n) is 12.2. The van der Waals surface area contributed by atoms with Gasteiger partial charge in [-0.15, -0.1) is 0 Å². The fourth-order valence-electron chi connectivity index (χ4n) is 2.30. The molecule has 2 nitrogen and oxygen atoms in total. The fraction of sp³-hybridized carbons (Fsp3) is 0.625. The number of aryl methyl sites for hydroxylation is 1. The monoisotopic (exact) mass is 249 g/mol. The summed E-state index contributed by atoms with van der Waals surface area (Å²) in [6.45, 7) is 10.3. The largest absolute Gasteiger partial charge is 0.493 e. The number of hydrogen-bond donors (Lipinski definition) is 1. The zero-order chi connectivity index (χ0) is 13.5. The maximum Gasteiger partial charge on any atom is 0.122 e. The highest BCUT2D eigenvalue weighted by atomic mass is 16.5. The van der Waals surface area contributed by atoms with E-state index in [9.17, 15) is 0 Å². The molecule has 0 radical (unpaired) electrons. The smallest absolute Gasteiger partial charge is 0.122 e. The van der Waals surface area contributed by atoms with Gasteiger partial charge in [-0.1, -0.05) is 38.5 Å². The van der Waals surface area contributed by atoms with E-state index in [0.717, 1.165) is 24.7 Å². The van der Waals surface area contributed by atoms with Gasteiger partial charge < -0.3 is 10.5 Å². The Morgan fingerprint density at radius 3 is 2.56 bits per heavy atom. The molecule has 1 aromatic rings. The van der Waals surface area contributed by atoms with Crippen LogP contribution in [0.15, 0.2) is 18.2 Å². The molecular weight excluding hydrogens is 222 g/mol. The first-order valence-corrected chi connectivity index (χ1v) is 6.95. The van der Waals surface area contributed by atoms with Crippen LogP contribution in [0.3, 0.4) is 0 Å². The SMILES string of the molecule is Cc1ccc(OCC(C)CC(C)C)c(CCN)c1. The molecule has 0 fully saturated rings. The van der Waals surface area contributed by atoms with Crippen molar-refractivity contribution in [2.75, 3.05) is 13.2 Å². The number of ether oxygens (including phenoxy) is 1. The van der Waals surface area contributed by atoms with E-state index in [1.54, 1.807) is 0 Å². The van der Waals surface area contributed by atoms with Crippen LogP contribution in [-0.4, -0.2) is 13.2 Å². The van der Waals surface area contributed by atoms with Crippen molar-refractivity contribution in [3.05, 3.63) is 29.3 Å². The Bertz CT molecular complexity index is 360. The van der Waals surface area contributed by atoms with Crippen molar-refractivity contribution in [2.24, 2.45) is 17.6 Å². The standard InChI is InChI=1S/C16H27NO/c1-12(2)9-14(4)11-18-16-6-5-13(3)10-15(16)7-8-17/h5-6,10,12,14H,7-9,11,17H2,1-4H3. The van der Waals surface area contributed by atoms with E-state index in [4.69, 9.17) is 10.5 Å². The third-order valence-electron chi connectivity index (χ3n) is 3.03. The van der Waals surface area contributed by atoms with Crippen molar-refractivity contribution >= 4 is 0 Å². The summed E-state index contributed by atoms with van der Waals surface area (Å²) >= 11 is 0. The van der Waals surface area contributed by atoms with Gasteiger partial charge >= 0.3 is 0 Å². The van der Waals surface area contributed by atoms with E-state index in [0.29, 0.717) is 12.5 Å². The van der Waals surface area contributed by atoms with E-state index >= 15 is 0 Å². The van der Waals surface area contributed by atoms with Gasteiger partial charge in [0.2, 0.25) is 0 Å². The van der Waals surface area contributed by atoms with E-state index in [2.05, 4.69) is 45.9 Å². The minimum atomic E-state index is 0.594. The van der Waals surface area contributed by atoms with Crippen LogP contribution in [0.2, 0.25) is 0 Å². The minimum absolute atomic E-state index is 0.594. The van der Waals surface area contributed by atoms with Crippen molar-refractivity contribution < 1.29 is 4.74 Å². The Morgan fingerprint density at radius 1 is 1.22 bits per heavy atom. The first kappa shape index (κ1) is 15.0. The maximum absolute atomic E-state index is 5.95. The lowest BCUT2D eigenvalue weighted by atomic mass is 10.00. The van der Waals surface area contributed by atoms with Crippen LogP contribution in [0.25, 0.3) is 0 Å². The molecule has 0 aliphatic rings. The van der Waals surface area contributed by atoms with Crippen LogP contribution in [0.5, 0.6) is 5.75 Å². The maximum atomic E-state index is 5.95. The Hall–Kier alpha value is -1.02. The summed E-state index contributed by atoms with van der Waals surface area (Å²) in [6.07, 6.45) is 2.09. The first-order valence-electron chi connectivity index (χ1n) is 6.95. The van der Waals surface area contributed by atoms with Crippen LogP contribution in [0, 0.1) is 18.8 Å². The van der Waals surface area contributed by atoms with Gasteiger partial charge in [-0.25, -0.2) is 0 Å². The van der Waals surface area contributed by atoms with E-state index < -0.39 is 0 Å². The molecule has 2 heteroatoms. The molecule has 0 spiro atoms. The normalized spacial score (nSPS) is 12.8. The average molecular weight is 249 g/mol. The topological polar surface area (TPSA) is 35.2 Å². The molecular formula is C16H27NO. The molecule has 0 saturated carbocycles. The van der Waals surface area contributed by atoms with E-state index in [1.807, 2.05) is 0 Å². The summed E-state index contributed by atoms with van der Waals surface area (Å²) in [6, 6.07) is 6.35. The predicted octanol–water partition coefficient (Wildman–Crippen LogP) is 3.56. The molecule has 18 heavy (non-hydrogen) atoms. The number of nitrogens with two attached hydrogens (primary N) is 1. The van der Waals surface area contributed by atoms with Gasteiger partial charge in [-0.3, -0.25) is 0 Å². The van der Waals surface area contributed by atoms with Gasteiger partial charge in [0.05, 0.1) is 6.61 Å². The van der Waals surface area contributed by atoms with Crippen LogP contribution in [0.4, 0.5) is 0 Å². The highest BCUT2D eigenvalue weighted by Gasteiger charge is 2.08. The van der Waals surface area contributed by atoms with Gasteiger partial charge in [0.1, 0.15) is 5.75 Å². The first-order chi connectivity index (χ1) is 8.52. The van der Waals surface area contributed by atoms with E-state index in [1.165, 1.54) is 17.5 Å². The Morgan fingerprint density at radius 2 is 1.94 bits per heavy atom. The van der Waals surface area contributed by atoms with Crippen LogP contribution in [0.1, 0.15) is 38.3 Å². The molecule has 102 valence electrons. The molecule has 1 rings (SSSR count). The predicted molar refractivity (Wildman–Crippen MR) is 78.1 cm³/mol. The number of benzene rings is 1. The van der Waals surface area contributed by atoms with Crippen molar-refractivity contribution in [1.82, 2.24) is 0 Å². The highest BCUT2D eigenvalue weighted by Crippen LogP contribution is 2.22. The third-order valence-corrected chi connectivity index (χ3v) is 3.03. The highest BCUT2D eigenvalue weighted by molar-refractivity contribution is 5.37. The fourth-order valence-corrected chi connectivity index (χ4v) is 2.30. The van der Waals surface area contributed by atoms with Gasteiger partial charge in [0.15, 0.2) is 0 Å². The molecule has 0 aliphatic heterocycles. The Kier molecular flexibility index (Phi) is 6.20. The summed E-state index contributed by atoms with van der Waals surface area (Å²) in [5.41, 5.74) is 8.14. The molecule has 1 aromatic carbocycles. The molecule has 0 saturated heterocycles. The van der Waals surface area contributed by atoms with Gasteiger partial charge in [-0.05, 0) is 49.8 Å². The molecule has 1 atom stereocenters. The summed E-state index contributed by atoms with van der Waals surface area (Å²) < 4.78 is 5.95. The van der Waals surface area contributed by atoms with Crippen LogP contribution < -0.4 is 10.5 Å². The summed E-state index contributed by atoms with van der Waals surface area (Å²) in [5.74, 6) is 2.32. The molecule has 0 heterocycles. The van der Waals surface area contributed by atoms with E-state index in [-0.39, 0.29) is 0 Å². The zero-order valence-corrected chi connectivity index (χ0v) is 12.2. The molecule has 0 bridgehead atoms. The number of hydrogen-bond acceptors (Lipinski definition) is 2. The molecule has 0 aromatic heterocycles. The molecule has 1 unspecified atom stereocenters. The molecule has 0 amide bonds. The minimum Gasteiger partial charge on any atom is -0.493 e. The summed E-state index contributed by atoms with van der Waals surface area (Å²) in [5, 5.41) is 0. The second-order valence-electron chi connectivity index (χ2n) is 5.70. The van der Waals surface area contributed by atoms with Crippen LogP contribution in [-0.2, 0) is 6.42 Å². The lowest BCUT2D eigenvalue weighted by Gasteiger charge is -2.17. The summed E-state index contributed by atoms with van der Waals surface area (Å²) in [7, 11) is 0. The molecule has 2 N–H and O–H groups in total. The average Bonchev–Trinajstić information content (AvgIpc) is 2.27. The third kappa shape index (κ3) is 5.09. The molecule has 0 aliphatic carbocycles. The second-order valence-corrected chi connectivity index (χ2v) is 5.70. The van der Waals surface area contributed by atoms with Crippen molar-refractivity contribution in [1.29, 1.82) is 0 Å². The van der Waals surface area contributed by atoms with Crippen molar-refractivity contribution in [3.63, 3.8) is 0 Å². The van der Waals surface area contributed by atoms with Gasteiger partial charge in [-0.2, -0.15) is 0 Å². The van der Waals surface area contributed by atoms with Crippen molar-refractivity contribution in [3.8, 4) is 5.75 Å².